The van der Waals surface area contributed by atoms with E-state index in [1.54, 1.807) is 6.20 Å². The smallest absolute Gasteiger partial charge is 0.259 e. The van der Waals surface area contributed by atoms with Gasteiger partial charge in [0.1, 0.15) is 0 Å². The standard InChI is InChI=1S/C23H27N5O/c1-5-20-18(4)25-23-27(21-9-8-16(2)11-17(21)3)14-26(15-28(23)22(20)29)13-19-7-6-10-24-12-19/h6-12H,5,13-15H2,1-4H3. The van der Waals surface area contributed by atoms with Crippen molar-refractivity contribution in [2.75, 3.05) is 11.6 Å². The predicted octanol–water partition coefficient (Wildman–Crippen LogP) is 3.69. The predicted molar refractivity (Wildman–Crippen MR) is 115 cm³/mol. The monoisotopic (exact) mass is 389 g/mol. The third-order valence-electron chi connectivity index (χ3n) is 5.50. The number of aryl methyl sites for hydroxylation is 3. The van der Waals surface area contributed by atoms with E-state index >= 15 is 0 Å². The lowest BCUT2D eigenvalue weighted by Gasteiger charge is -2.39. The molecule has 6 heteroatoms. The number of rotatable bonds is 4. The van der Waals surface area contributed by atoms with Crippen LogP contribution in [0.1, 0.15) is 34.9 Å². The van der Waals surface area contributed by atoms with Gasteiger partial charge in [0, 0.05) is 35.9 Å². The van der Waals surface area contributed by atoms with Gasteiger partial charge in [0.05, 0.1) is 13.3 Å². The van der Waals surface area contributed by atoms with E-state index in [9.17, 15) is 4.79 Å². The summed E-state index contributed by atoms with van der Waals surface area (Å²) >= 11 is 0. The Morgan fingerprint density at radius 2 is 1.93 bits per heavy atom. The van der Waals surface area contributed by atoms with Crippen LogP contribution in [0.25, 0.3) is 0 Å². The van der Waals surface area contributed by atoms with Gasteiger partial charge in [-0.3, -0.25) is 24.1 Å². The van der Waals surface area contributed by atoms with Crippen molar-refractivity contribution in [2.45, 2.75) is 47.3 Å². The molecule has 0 amide bonds. The summed E-state index contributed by atoms with van der Waals surface area (Å²) in [6.45, 7) is 10.0. The van der Waals surface area contributed by atoms with Crippen molar-refractivity contribution in [2.24, 2.45) is 0 Å². The van der Waals surface area contributed by atoms with Gasteiger partial charge in [-0.05, 0) is 50.5 Å². The van der Waals surface area contributed by atoms with E-state index in [2.05, 4.69) is 52.9 Å². The average molecular weight is 390 g/mol. The molecule has 150 valence electrons. The molecule has 0 spiro atoms. The summed E-state index contributed by atoms with van der Waals surface area (Å²) < 4.78 is 1.81. The molecule has 2 aromatic heterocycles. The number of benzene rings is 1. The fourth-order valence-corrected chi connectivity index (χ4v) is 4.08. The lowest BCUT2D eigenvalue weighted by atomic mass is 10.1. The third-order valence-corrected chi connectivity index (χ3v) is 5.50. The Labute approximate surface area is 171 Å². The van der Waals surface area contributed by atoms with Crippen LogP contribution in [-0.4, -0.2) is 26.1 Å². The van der Waals surface area contributed by atoms with Gasteiger partial charge in [0.15, 0.2) is 0 Å². The minimum atomic E-state index is 0.0562. The van der Waals surface area contributed by atoms with Crippen LogP contribution >= 0.6 is 0 Å². The Kier molecular flexibility index (Phi) is 5.20. The van der Waals surface area contributed by atoms with Crippen molar-refractivity contribution >= 4 is 11.6 Å². The zero-order valence-electron chi connectivity index (χ0n) is 17.5. The van der Waals surface area contributed by atoms with Crippen molar-refractivity contribution in [3.05, 3.63) is 81.0 Å². The van der Waals surface area contributed by atoms with Gasteiger partial charge in [-0.15, -0.1) is 0 Å². The Morgan fingerprint density at radius 1 is 1.10 bits per heavy atom. The fraction of sp³-hybridized carbons (Fsp3) is 0.348. The lowest BCUT2D eigenvalue weighted by Crippen LogP contribution is -2.47. The minimum absolute atomic E-state index is 0.0562. The topological polar surface area (TPSA) is 54.3 Å². The summed E-state index contributed by atoms with van der Waals surface area (Å²) in [5.41, 5.74) is 6.26. The van der Waals surface area contributed by atoms with Crippen molar-refractivity contribution < 1.29 is 0 Å². The molecule has 6 nitrogen and oxygen atoms in total. The summed E-state index contributed by atoms with van der Waals surface area (Å²) in [6.07, 6.45) is 4.34. The largest absolute Gasteiger partial charge is 0.298 e. The van der Waals surface area contributed by atoms with Gasteiger partial charge in [-0.2, -0.15) is 0 Å². The number of pyridine rings is 1. The minimum Gasteiger partial charge on any atom is -0.298 e. The molecular formula is C23H27N5O. The van der Waals surface area contributed by atoms with E-state index in [0.717, 1.165) is 35.0 Å². The first-order valence-electron chi connectivity index (χ1n) is 10.0. The highest BCUT2D eigenvalue weighted by Crippen LogP contribution is 2.31. The molecule has 0 radical (unpaired) electrons. The molecule has 29 heavy (non-hydrogen) atoms. The number of aromatic nitrogens is 3. The van der Waals surface area contributed by atoms with E-state index in [1.165, 1.54) is 11.1 Å². The van der Waals surface area contributed by atoms with Gasteiger partial charge in [-0.1, -0.05) is 30.7 Å². The molecule has 0 fully saturated rings. The second-order valence-electron chi connectivity index (χ2n) is 7.75. The van der Waals surface area contributed by atoms with E-state index < -0.39 is 0 Å². The van der Waals surface area contributed by atoms with Crippen LogP contribution in [-0.2, 0) is 19.6 Å². The van der Waals surface area contributed by atoms with E-state index in [1.807, 2.05) is 30.7 Å². The summed E-state index contributed by atoms with van der Waals surface area (Å²) in [5.74, 6) is 0.721. The fourth-order valence-electron chi connectivity index (χ4n) is 4.08. The van der Waals surface area contributed by atoms with Crippen molar-refractivity contribution in [3.8, 4) is 0 Å². The van der Waals surface area contributed by atoms with E-state index in [0.29, 0.717) is 19.8 Å². The lowest BCUT2D eigenvalue weighted by molar-refractivity contribution is 0.189. The highest BCUT2D eigenvalue weighted by molar-refractivity contribution is 5.63. The van der Waals surface area contributed by atoms with Gasteiger partial charge in [0.25, 0.3) is 5.56 Å². The van der Waals surface area contributed by atoms with Crippen molar-refractivity contribution in [1.82, 2.24) is 19.4 Å². The van der Waals surface area contributed by atoms with E-state index in [4.69, 9.17) is 4.98 Å². The highest BCUT2D eigenvalue weighted by atomic mass is 16.1. The van der Waals surface area contributed by atoms with Crippen molar-refractivity contribution in [3.63, 3.8) is 0 Å². The second-order valence-corrected chi connectivity index (χ2v) is 7.75. The third kappa shape index (κ3) is 3.68. The Bertz CT molecular complexity index is 1090. The molecule has 0 unspecified atom stereocenters. The molecule has 0 N–H and O–H groups in total. The van der Waals surface area contributed by atoms with Gasteiger partial charge in [-0.25, -0.2) is 4.98 Å². The van der Waals surface area contributed by atoms with Gasteiger partial charge in [0.2, 0.25) is 5.95 Å². The molecule has 3 heterocycles. The molecule has 4 rings (SSSR count). The van der Waals surface area contributed by atoms with Crippen LogP contribution in [0.3, 0.4) is 0 Å². The zero-order valence-corrected chi connectivity index (χ0v) is 17.5. The first kappa shape index (κ1) is 19.3. The summed E-state index contributed by atoms with van der Waals surface area (Å²) in [5, 5.41) is 0. The molecule has 1 aromatic carbocycles. The van der Waals surface area contributed by atoms with Crippen LogP contribution < -0.4 is 10.5 Å². The summed E-state index contributed by atoms with van der Waals surface area (Å²) in [6, 6.07) is 10.4. The molecular weight excluding hydrogens is 362 g/mol. The average Bonchev–Trinajstić information content (AvgIpc) is 2.69. The Hall–Kier alpha value is -2.99. The molecule has 0 atom stereocenters. The summed E-state index contributed by atoms with van der Waals surface area (Å²) in [7, 11) is 0. The number of hydrogen-bond donors (Lipinski definition) is 0. The van der Waals surface area contributed by atoms with Crippen LogP contribution in [0.4, 0.5) is 11.6 Å². The number of nitrogens with zero attached hydrogens (tertiary/aromatic N) is 5. The first-order valence-corrected chi connectivity index (χ1v) is 10.0. The molecule has 0 bridgehead atoms. The number of anilines is 2. The maximum absolute atomic E-state index is 13.2. The van der Waals surface area contributed by atoms with Crippen LogP contribution in [0.15, 0.2) is 47.5 Å². The quantitative estimate of drug-likeness (QED) is 0.681. The van der Waals surface area contributed by atoms with E-state index in [-0.39, 0.29) is 5.56 Å². The van der Waals surface area contributed by atoms with Crippen molar-refractivity contribution in [1.29, 1.82) is 0 Å². The summed E-state index contributed by atoms with van der Waals surface area (Å²) in [4.78, 5) is 26.7. The zero-order chi connectivity index (χ0) is 20.5. The highest BCUT2D eigenvalue weighted by Gasteiger charge is 2.28. The molecule has 0 saturated heterocycles. The molecule has 1 aliphatic rings. The molecule has 0 saturated carbocycles. The molecule has 1 aliphatic heterocycles. The number of fused-ring (bicyclic) bond motifs is 1. The maximum atomic E-state index is 13.2. The molecule has 3 aromatic rings. The normalized spacial score (nSPS) is 14.1. The van der Waals surface area contributed by atoms with Crippen LogP contribution in [0.5, 0.6) is 0 Å². The van der Waals surface area contributed by atoms with Crippen LogP contribution in [0.2, 0.25) is 0 Å². The SMILES string of the molecule is CCc1c(C)nc2n(c1=O)CN(Cc1cccnc1)CN2c1ccc(C)cc1C. The Balaban J connectivity index is 1.82. The number of hydrogen-bond acceptors (Lipinski definition) is 5. The molecule has 0 aliphatic carbocycles. The Morgan fingerprint density at radius 3 is 2.62 bits per heavy atom. The van der Waals surface area contributed by atoms with Gasteiger partial charge >= 0.3 is 0 Å². The van der Waals surface area contributed by atoms with Crippen LogP contribution in [0, 0.1) is 20.8 Å². The van der Waals surface area contributed by atoms with Gasteiger partial charge < -0.3 is 0 Å². The maximum Gasteiger partial charge on any atom is 0.259 e. The first-order chi connectivity index (χ1) is 14.0. The second kappa shape index (κ2) is 7.79.